The summed E-state index contributed by atoms with van der Waals surface area (Å²) in [6.45, 7) is 6.12. The summed E-state index contributed by atoms with van der Waals surface area (Å²) in [5.74, 6) is 0.593. The molecule has 3 nitrogen and oxygen atoms in total. The van der Waals surface area contributed by atoms with Crippen LogP contribution in [0.3, 0.4) is 0 Å². The molecule has 0 fully saturated rings. The van der Waals surface area contributed by atoms with Crippen LogP contribution in [0, 0.1) is 5.92 Å². The molecule has 19 heavy (non-hydrogen) atoms. The van der Waals surface area contributed by atoms with Gasteiger partial charge in [-0.3, -0.25) is 0 Å². The largest absolute Gasteiger partial charge is 0.312 e. The van der Waals surface area contributed by atoms with Crippen molar-refractivity contribution in [3.63, 3.8) is 0 Å². The van der Waals surface area contributed by atoms with E-state index in [9.17, 15) is 8.42 Å². The summed E-state index contributed by atoms with van der Waals surface area (Å²) in [4.78, 5) is 0. The van der Waals surface area contributed by atoms with E-state index in [0.717, 1.165) is 12.0 Å². The average molecular weight is 283 g/mol. The highest BCUT2D eigenvalue weighted by Crippen LogP contribution is 2.23. The average Bonchev–Trinajstić information content (AvgIpc) is 2.28. The zero-order valence-electron chi connectivity index (χ0n) is 12.5. The molecule has 0 bridgehead atoms. The van der Waals surface area contributed by atoms with Crippen molar-refractivity contribution in [2.75, 3.05) is 13.3 Å². The number of benzene rings is 1. The number of hydrogen-bond acceptors (Lipinski definition) is 3. The first-order chi connectivity index (χ1) is 8.75. The molecule has 1 aromatic rings. The summed E-state index contributed by atoms with van der Waals surface area (Å²) in [7, 11) is -1.25. The lowest BCUT2D eigenvalue weighted by atomic mass is 9.97. The third-order valence-electron chi connectivity index (χ3n) is 3.41. The second-order valence-corrected chi connectivity index (χ2v) is 8.05. The van der Waals surface area contributed by atoms with E-state index < -0.39 is 15.1 Å². The van der Waals surface area contributed by atoms with Crippen LogP contribution in [0.25, 0.3) is 0 Å². The third kappa shape index (κ3) is 4.62. The van der Waals surface area contributed by atoms with Gasteiger partial charge in [-0.25, -0.2) is 8.42 Å². The molecule has 0 spiro atoms. The Bertz CT molecular complexity index is 509. The van der Waals surface area contributed by atoms with Crippen LogP contribution in [-0.4, -0.2) is 27.0 Å². The minimum absolute atomic E-state index is 0.165. The maximum atomic E-state index is 11.7. The smallest absolute Gasteiger partial charge is 0.151 e. The second-order valence-electron chi connectivity index (χ2n) is 5.64. The molecule has 2 unspecified atom stereocenters. The highest BCUT2D eigenvalue weighted by Gasteiger charge is 2.26. The van der Waals surface area contributed by atoms with Gasteiger partial charge in [0, 0.05) is 12.3 Å². The number of hydrogen-bond donors (Lipinski definition) is 1. The highest BCUT2D eigenvalue weighted by molar-refractivity contribution is 7.91. The standard InChI is InChI=1S/C15H25NO2S/c1-11(2)9-13-7-6-8-14(10-13)15(16-4)12(3)19(5,17)18/h6-8,10-12,15-16H,9H2,1-5H3. The Morgan fingerprint density at radius 2 is 1.84 bits per heavy atom. The molecule has 0 amide bonds. The molecule has 1 N–H and O–H groups in total. The summed E-state index contributed by atoms with van der Waals surface area (Å²) in [6, 6.07) is 8.05. The highest BCUT2D eigenvalue weighted by atomic mass is 32.2. The van der Waals surface area contributed by atoms with E-state index in [2.05, 4.69) is 31.3 Å². The first-order valence-corrected chi connectivity index (χ1v) is 8.66. The van der Waals surface area contributed by atoms with Crippen LogP contribution >= 0.6 is 0 Å². The molecular weight excluding hydrogens is 258 g/mol. The van der Waals surface area contributed by atoms with Crippen molar-refractivity contribution in [3.05, 3.63) is 35.4 Å². The first-order valence-electron chi connectivity index (χ1n) is 6.70. The topological polar surface area (TPSA) is 46.2 Å². The fraction of sp³-hybridized carbons (Fsp3) is 0.600. The van der Waals surface area contributed by atoms with Crippen LogP contribution in [0.4, 0.5) is 0 Å². The molecule has 2 atom stereocenters. The SMILES string of the molecule is CNC(c1cccc(CC(C)C)c1)C(C)S(C)(=O)=O. The quantitative estimate of drug-likeness (QED) is 0.873. The zero-order chi connectivity index (χ0) is 14.6. The molecule has 0 radical (unpaired) electrons. The van der Waals surface area contributed by atoms with Gasteiger partial charge in [-0.2, -0.15) is 0 Å². The molecule has 0 aliphatic rings. The van der Waals surface area contributed by atoms with Crippen molar-refractivity contribution in [2.24, 2.45) is 5.92 Å². The first kappa shape index (κ1) is 16.2. The molecule has 1 aromatic carbocycles. The van der Waals surface area contributed by atoms with E-state index in [1.807, 2.05) is 19.2 Å². The van der Waals surface area contributed by atoms with Crippen LogP contribution in [0.5, 0.6) is 0 Å². The molecule has 0 saturated heterocycles. The van der Waals surface area contributed by atoms with Gasteiger partial charge in [0.05, 0.1) is 5.25 Å². The van der Waals surface area contributed by atoms with Crippen LogP contribution in [0.2, 0.25) is 0 Å². The van der Waals surface area contributed by atoms with Gasteiger partial charge in [-0.05, 0) is 37.4 Å². The maximum Gasteiger partial charge on any atom is 0.151 e. The van der Waals surface area contributed by atoms with Crippen molar-refractivity contribution in [1.29, 1.82) is 0 Å². The van der Waals surface area contributed by atoms with E-state index in [1.54, 1.807) is 6.92 Å². The Morgan fingerprint density at radius 1 is 1.21 bits per heavy atom. The summed E-state index contributed by atoms with van der Waals surface area (Å²) < 4.78 is 23.5. The van der Waals surface area contributed by atoms with Crippen molar-refractivity contribution >= 4 is 9.84 Å². The van der Waals surface area contributed by atoms with E-state index in [-0.39, 0.29) is 6.04 Å². The lowest BCUT2D eigenvalue weighted by Gasteiger charge is -2.23. The molecule has 108 valence electrons. The van der Waals surface area contributed by atoms with Crippen molar-refractivity contribution in [1.82, 2.24) is 5.32 Å². The van der Waals surface area contributed by atoms with Crippen LogP contribution in [0.1, 0.15) is 37.9 Å². The monoisotopic (exact) mass is 283 g/mol. The van der Waals surface area contributed by atoms with Crippen LogP contribution in [0.15, 0.2) is 24.3 Å². The van der Waals surface area contributed by atoms with Gasteiger partial charge in [0.1, 0.15) is 0 Å². The van der Waals surface area contributed by atoms with E-state index >= 15 is 0 Å². The van der Waals surface area contributed by atoms with Gasteiger partial charge in [-0.1, -0.05) is 38.1 Å². The Morgan fingerprint density at radius 3 is 2.32 bits per heavy atom. The summed E-state index contributed by atoms with van der Waals surface area (Å²) >= 11 is 0. The molecule has 0 aromatic heterocycles. The molecule has 0 heterocycles. The van der Waals surface area contributed by atoms with Crippen molar-refractivity contribution < 1.29 is 8.42 Å². The Kier molecular flexibility index (Phi) is 5.56. The molecular formula is C15H25NO2S. The van der Waals surface area contributed by atoms with Gasteiger partial charge in [0.25, 0.3) is 0 Å². The minimum Gasteiger partial charge on any atom is -0.312 e. The number of sulfone groups is 1. The molecule has 4 heteroatoms. The minimum atomic E-state index is -3.06. The number of nitrogens with one attached hydrogen (secondary N) is 1. The predicted molar refractivity (Wildman–Crippen MR) is 81.1 cm³/mol. The van der Waals surface area contributed by atoms with Gasteiger partial charge < -0.3 is 5.32 Å². The zero-order valence-corrected chi connectivity index (χ0v) is 13.3. The second kappa shape index (κ2) is 6.53. The summed E-state index contributed by atoms with van der Waals surface area (Å²) in [6.07, 6.45) is 2.30. The summed E-state index contributed by atoms with van der Waals surface area (Å²) in [5.41, 5.74) is 2.30. The fourth-order valence-electron chi connectivity index (χ4n) is 2.30. The van der Waals surface area contributed by atoms with Crippen molar-refractivity contribution in [2.45, 2.75) is 38.5 Å². The molecule has 0 aliphatic carbocycles. The predicted octanol–water partition coefficient (Wildman–Crippen LogP) is 2.58. The molecule has 1 rings (SSSR count). The van der Waals surface area contributed by atoms with Crippen LogP contribution in [-0.2, 0) is 16.3 Å². The van der Waals surface area contributed by atoms with E-state index in [4.69, 9.17) is 0 Å². The Balaban J connectivity index is 3.05. The van der Waals surface area contributed by atoms with Gasteiger partial charge in [0.2, 0.25) is 0 Å². The Hall–Kier alpha value is -0.870. The number of rotatable bonds is 6. The van der Waals surface area contributed by atoms with Crippen LogP contribution < -0.4 is 5.32 Å². The van der Waals surface area contributed by atoms with E-state index in [1.165, 1.54) is 11.8 Å². The maximum absolute atomic E-state index is 11.7. The Labute approximate surface area is 117 Å². The molecule has 0 aliphatic heterocycles. The normalized spacial score (nSPS) is 15.5. The van der Waals surface area contributed by atoms with Gasteiger partial charge in [0.15, 0.2) is 9.84 Å². The van der Waals surface area contributed by atoms with Gasteiger partial charge >= 0.3 is 0 Å². The third-order valence-corrected chi connectivity index (χ3v) is 5.03. The lowest BCUT2D eigenvalue weighted by molar-refractivity contribution is 0.534. The fourth-order valence-corrected chi connectivity index (χ4v) is 3.09. The van der Waals surface area contributed by atoms with Crippen molar-refractivity contribution in [3.8, 4) is 0 Å². The van der Waals surface area contributed by atoms with Gasteiger partial charge in [-0.15, -0.1) is 0 Å². The lowest BCUT2D eigenvalue weighted by Crippen LogP contribution is -2.33. The summed E-state index contributed by atoms with van der Waals surface area (Å²) in [5, 5.41) is 2.69. The molecule has 0 saturated carbocycles. The van der Waals surface area contributed by atoms with E-state index in [0.29, 0.717) is 5.92 Å².